The van der Waals surface area contributed by atoms with E-state index in [9.17, 15) is 9.59 Å². The lowest BCUT2D eigenvalue weighted by Gasteiger charge is -2.22. The Bertz CT molecular complexity index is 1350. The Hall–Kier alpha value is -3.91. The Labute approximate surface area is 200 Å². The number of carbonyl (C=O) groups is 2. The molecule has 0 aliphatic carbocycles. The molecule has 172 valence electrons. The zero-order valence-electron chi connectivity index (χ0n) is 18.6. The average molecular weight is 474 g/mol. The van der Waals surface area contributed by atoms with E-state index in [1.807, 2.05) is 54.8 Å². The Kier molecular flexibility index (Phi) is 6.14. The number of likely N-dealkylation sites (N-methyl/N-ethyl adjacent to an activating group) is 1. The largest absolute Gasteiger partial charge is 0.486 e. The number of rotatable bonds is 6. The molecule has 4 aromatic rings. The summed E-state index contributed by atoms with van der Waals surface area (Å²) >= 11 is 1.57. The van der Waals surface area contributed by atoms with Crippen LogP contribution in [0.5, 0.6) is 11.5 Å². The molecule has 0 atom stereocenters. The second-order valence-electron chi connectivity index (χ2n) is 7.78. The van der Waals surface area contributed by atoms with Crippen LogP contribution in [0, 0.1) is 0 Å². The molecule has 7 nitrogen and oxygen atoms in total. The van der Waals surface area contributed by atoms with Gasteiger partial charge in [0.2, 0.25) is 5.91 Å². The van der Waals surface area contributed by atoms with Crippen LogP contribution >= 0.6 is 11.3 Å². The summed E-state index contributed by atoms with van der Waals surface area (Å²) < 4.78 is 11.1. The van der Waals surface area contributed by atoms with Crippen LogP contribution in [0.25, 0.3) is 21.5 Å². The highest BCUT2D eigenvalue weighted by molar-refractivity contribution is 7.13. The zero-order valence-corrected chi connectivity index (χ0v) is 19.4. The first-order valence-electron chi connectivity index (χ1n) is 11.0. The number of amides is 2. The second-order valence-corrected chi connectivity index (χ2v) is 8.72. The van der Waals surface area contributed by atoms with Gasteiger partial charge in [-0.25, -0.2) is 4.98 Å². The van der Waals surface area contributed by atoms with Gasteiger partial charge < -0.3 is 19.7 Å². The van der Waals surface area contributed by atoms with Crippen molar-refractivity contribution in [1.29, 1.82) is 0 Å². The number of fused-ring (bicyclic) bond motifs is 2. The smallest absolute Gasteiger partial charge is 0.255 e. The van der Waals surface area contributed by atoms with E-state index in [-0.39, 0.29) is 18.4 Å². The molecule has 2 aromatic heterocycles. The quantitative estimate of drug-likeness (QED) is 0.434. The molecule has 2 aromatic carbocycles. The van der Waals surface area contributed by atoms with Gasteiger partial charge in [0.1, 0.15) is 19.8 Å². The molecule has 0 fully saturated rings. The molecule has 0 saturated heterocycles. The van der Waals surface area contributed by atoms with Gasteiger partial charge in [-0.2, -0.15) is 0 Å². The van der Waals surface area contributed by atoms with Gasteiger partial charge in [0, 0.05) is 23.7 Å². The summed E-state index contributed by atoms with van der Waals surface area (Å²) in [6, 6.07) is 18.6. The molecular weight excluding hydrogens is 450 g/mol. The zero-order chi connectivity index (χ0) is 23.5. The maximum absolute atomic E-state index is 13.6. The van der Waals surface area contributed by atoms with Gasteiger partial charge in [-0.05, 0) is 42.6 Å². The van der Waals surface area contributed by atoms with E-state index in [0.29, 0.717) is 42.5 Å². The number of hydrogen-bond acceptors (Lipinski definition) is 6. The molecule has 0 bridgehead atoms. The molecule has 1 aliphatic heterocycles. The Morgan fingerprint density at radius 2 is 1.85 bits per heavy atom. The van der Waals surface area contributed by atoms with Crippen molar-refractivity contribution in [1.82, 2.24) is 9.88 Å². The normalized spacial score (nSPS) is 12.4. The van der Waals surface area contributed by atoms with Gasteiger partial charge in [0.05, 0.1) is 21.7 Å². The van der Waals surface area contributed by atoms with Crippen molar-refractivity contribution in [2.45, 2.75) is 6.92 Å². The van der Waals surface area contributed by atoms with Gasteiger partial charge in [0.25, 0.3) is 5.91 Å². The van der Waals surface area contributed by atoms with Crippen molar-refractivity contribution in [3.05, 3.63) is 71.6 Å². The third-order valence-corrected chi connectivity index (χ3v) is 6.44. The molecule has 2 amide bonds. The van der Waals surface area contributed by atoms with Crippen LogP contribution in [-0.2, 0) is 4.79 Å². The van der Waals surface area contributed by atoms with Gasteiger partial charge in [-0.3, -0.25) is 9.59 Å². The lowest BCUT2D eigenvalue weighted by molar-refractivity contribution is -0.116. The van der Waals surface area contributed by atoms with Crippen molar-refractivity contribution in [3.63, 3.8) is 0 Å². The van der Waals surface area contributed by atoms with Crippen LogP contribution in [0.4, 0.5) is 5.69 Å². The fraction of sp³-hybridized carbons (Fsp3) is 0.192. The molecule has 1 N–H and O–H groups in total. The number of pyridine rings is 1. The monoisotopic (exact) mass is 473 g/mol. The Morgan fingerprint density at radius 1 is 1.03 bits per heavy atom. The molecule has 34 heavy (non-hydrogen) atoms. The van der Waals surface area contributed by atoms with Gasteiger partial charge in [-0.1, -0.05) is 24.3 Å². The maximum Gasteiger partial charge on any atom is 0.255 e. The second kappa shape index (κ2) is 9.52. The highest BCUT2D eigenvalue weighted by Gasteiger charge is 2.22. The number of thiophene rings is 1. The minimum absolute atomic E-state index is 0.0746. The minimum atomic E-state index is -0.288. The standard InChI is InChI=1S/C26H23N3O4S/c1-2-29(16-25(30)27-17-9-10-22-23(14-17)33-12-11-32-22)26(31)19-15-21(24-8-5-13-34-24)28-20-7-4-3-6-18(19)20/h3-10,13-15H,2,11-12,16H2,1H3,(H,27,30). The number of hydrogen-bond donors (Lipinski definition) is 1. The predicted molar refractivity (Wildman–Crippen MR) is 133 cm³/mol. The fourth-order valence-electron chi connectivity index (χ4n) is 3.90. The van der Waals surface area contributed by atoms with Crippen molar-refractivity contribution >= 4 is 39.7 Å². The minimum Gasteiger partial charge on any atom is -0.486 e. The van der Waals surface area contributed by atoms with E-state index in [1.165, 1.54) is 4.90 Å². The molecule has 5 rings (SSSR count). The van der Waals surface area contributed by atoms with Crippen molar-refractivity contribution in [3.8, 4) is 22.1 Å². The predicted octanol–water partition coefficient (Wildman–Crippen LogP) is 4.84. The summed E-state index contributed by atoms with van der Waals surface area (Å²) in [6.07, 6.45) is 0. The summed E-state index contributed by atoms with van der Waals surface area (Å²) in [5.74, 6) is 0.748. The van der Waals surface area contributed by atoms with Crippen LogP contribution in [0.3, 0.4) is 0 Å². The van der Waals surface area contributed by atoms with Crippen LogP contribution in [0.2, 0.25) is 0 Å². The first kappa shape index (κ1) is 21.9. The van der Waals surface area contributed by atoms with E-state index in [4.69, 9.17) is 14.5 Å². The van der Waals surface area contributed by atoms with Crippen molar-refractivity contribution < 1.29 is 19.1 Å². The lowest BCUT2D eigenvalue weighted by Crippen LogP contribution is -2.38. The van der Waals surface area contributed by atoms with E-state index < -0.39 is 0 Å². The first-order chi connectivity index (χ1) is 16.6. The van der Waals surface area contributed by atoms with Gasteiger partial charge in [0.15, 0.2) is 11.5 Å². The number of aromatic nitrogens is 1. The van der Waals surface area contributed by atoms with E-state index >= 15 is 0 Å². The average Bonchev–Trinajstić information content (AvgIpc) is 3.41. The third-order valence-electron chi connectivity index (χ3n) is 5.55. The Morgan fingerprint density at radius 3 is 2.65 bits per heavy atom. The molecular formula is C26H23N3O4S. The number of nitrogens with one attached hydrogen (secondary N) is 1. The topological polar surface area (TPSA) is 80.8 Å². The molecule has 0 spiro atoms. The summed E-state index contributed by atoms with van der Waals surface area (Å²) in [5.41, 5.74) is 2.61. The third kappa shape index (κ3) is 4.45. The van der Waals surface area contributed by atoms with Crippen LogP contribution < -0.4 is 14.8 Å². The Balaban J connectivity index is 1.38. The SMILES string of the molecule is CCN(CC(=O)Nc1ccc2c(c1)OCCO2)C(=O)c1cc(-c2cccs2)nc2ccccc12. The summed E-state index contributed by atoms with van der Waals surface area (Å²) in [5, 5.41) is 5.60. The maximum atomic E-state index is 13.6. The van der Waals surface area contributed by atoms with Gasteiger partial charge >= 0.3 is 0 Å². The first-order valence-corrected chi connectivity index (χ1v) is 11.9. The van der Waals surface area contributed by atoms with Crippen molar-refractivity contribution in [2.75, 3.05) is 31.6 Å². The molecule has 8 heteroatoms. The molecule has 0 radical (unpaired) electrons. The summed E-state index contributed by atoms with van der Waals surface area (Å²) in [4.78, 5) is 33.6. The summed E-state index contributed by atoms with van der Waals surface area (Å²) in [7, 11) is 0. The number of ether oxygens (including phenoxy) is 2. The summed E-state index contributed by atoms with van der Waals surface area (Å²) in [6.45, 7) is 3.14. The number of anilines is 1. The highest BCUT2D eigenvalue weighted by Crippen LogP contribution is 2.33. The van der Waals surface area contributed by atoms with E-state index in [1.54, 1.807) is 29.5 Å². The number of para-hydroxylation sites is 1. The molecule has 1 aliphatic rings. The molecule has 0 unspecified atom stereocenters. The van der Waals surface area contributed by atoms with Crippen LogP contribution in [0.15, 0.2) is 66.0 Å². The molecule has 3 heterocycles. The van der Waals surface area contributed by atoms with E-state index in [2.05, 4.69) is 5.32 Å². The molecule has 0 saturated carbocycles. The van der Waals surface area contributed by atoms with Crippen molar-refractivity contribution in [2.24, 2.45) is 0 Å². The van der Waals surface area contributed by atoms with Gasteiger partial charge in [-0.15, -0.1) is 11.3 Å². The van der Waals surface area contributed by atoms with Crippen LogP contribution in [-0.4, -0.2) is 48.0 Å². The number of benzene rings is 2. The van der Waals surface area contributed by atoms with E-state index in [0.717, 1.165) is 21.5 Å². The number of carbonyl (C=O) groups excluding carboxylic acids is 2. The number of nitrogens with zero attached hydrogens (tertiary/aromatic N) is 2. The lowest BCUT2D eigenvalue weighted by atomic mass is 10.1. The fourth-order valence-corrected chi connectivity index (χ4v) is 4.58. The highest BCUT2D eigenvalue weighted by atomic mass is 32.1. The van der Waals surface area contributed by atoms with Crippen LogP contribution in [0.1, 0.15) is 17.3 Å².